The van der Waals surface area contributed by atoms with Crippen LogP contribution in [-0.2, 0) is 9.53 Å². The number of hydrogen-bond acceptors (Lipinski definition) is 5. The summed E-state index contributed by atoms with van der Waals surface area (Å²) < 4.78 is 5.36. The van der Waals surface area contributed by atoms with Gasteiger partial charge < -0.3 is 15.6 Å². The van der Waals surface area contributed by atoms with Crippen molar-refractivity contribution in [1.29, 1.82) is 0 Å². The van der Waals surface area contributed by atoms with Gasteiger partial charge in [-0.05, 0) is 28.9 Å². The smallest absolute Gasteiger partial charge is 0.325 e. The molecule has 0 aliphatic rings. The van der Waals surface area contributed by atoms with Gasteiger partial charge in [-0.25, -0.2) is 4.98 Å². The van der Waals surface area contributed by atoms with Crippen molar-refractivity contribution in [1.82, 2.24) is 4.98 Å². The second-order valence-electron chi connectivity index (χ2n) is 3.14. The van der Waals surface area contributed by atoms with E-state index in [4.69, 9.17) is 10.5 Å². The SMILES string of the molecule is CCOC(=O)[C@H](N)[C@@H](O)c1ccc(Br)nc1. The lowest BCUT2D eigenvalue weighted by atomic mass is 10.1. The predicted molar refractivity (Wildman–Crippen MR) is 61.5 cm³/mol. The van der Waals surface area contributed by atoms with Gasteiger partial charge >= 0.3 is 5.97 Å². The summed E-state index contributed by atoms with van der Waals surface area (Å²) >= 11 is 3.17. The predicted octanol–water partition coefficient (Wildman–Crippen LogP) is 0.768. The van der Waals surface area contributed by atoms with Crippen molar-refractivity contribution in [2.24, 2.45) is 5.73 Å². The zero-order valence-corrected chi connectivity index (χ0v) is 10.3. The lowest BCUT2D eigenvalue weighted by molar-refractivity contribution is -0.147. The molecule has 16 heavy (non-hydrogen) atoms. The lowest BCUT2D eigenvalue weighted by Crippen LogP contribution is -2.38. The largest absolute Gasteiger partial charge is 0.465 e. The van der Waals surface area contributed by atoms with Gasteiger partial charge in [0.25, 0.3) is 0 Å². The Bertz CT molecular complexity index is 356. The van der Waals surface area contributed by atoms with E-state index in [-0.39, 0.29) is 6.61 Å². The van der Waals surface area contributed by atoms with Crippen LogP contribution in [0, 0.1) is 0 Å². The number of pyridine rings is 1. The summed E-state index contributed by atoms with van der Waals surface area (Å²) in [6, 6.07) is 2.21. The molecule has 0 spiro atoms. The Morgan fingerprint density at radius 3 is 2.88 bits per heavy atom. The number of ether oxygens (including phenoxy) is 1. The summed E-state index contributed by atoms with van der Waals surface area (Å²) in [6.45, 7) is 1.91. The molecule has 0 amide bonds. The fraction of sp³-hybridized carbons (Fsp3) is 0.400. The van der Waals surface area contributed by atoms with E-state index in [2.05, 4.69) is 20.9 Å². The number of rotatable bonds is 4. The Morgan fingerprint density at radius 1 is 1.69 bits per heavy atom. The average molecular weight is 289 g/mol. The molecule has 0 saturated heterocycles. The van der Waals surface area contributed by atoms with Crippen molar-refractivity contribution in [3.8, 4) is 0 Å². The molecule has 5 nitrogen and oxygen atoms in total. The second-order valence-corrected chi connectivity index (χ2v) is 3.95. The van der Waals surface area contributed by atoms with Gasteiger partial charge in [-0.3, -0.25) is 4.79 Å². The number of carbonyl (C=O) groups is 1. The van der Waals surface area contributed by atoms with Crippen molar-refractivity contribution in [3.63, 3.8) is 0 Å². The van der Waals surface area contributed by atoms with Crippen LogP contribution in [0.1, 0.15) is 18.6 Å². The minimum atomic E-state index is -1.11. The van der Waals surface area contributed by atoms with Crippen LogP contribution in [0.25, 0.3) is 0 Å². The van der Waals surface area contributed by atoms with Gasteiger partial charge in [0.1, 0.15) is 16.7 Å². The molecular formula is C10H13BrN2O3. The molecule has 3 N–H and O–H groups in total. The highest BCUT2D eigenvalue weighted by Gasteiger charge is 2.25. The van der Waals surface area contributed by atoms with Crippen molar-refractivity contribution in [2.45, 2.75) is 19.1 Å². The third-order valence-corrected chi connectivity index (χ3v) is 2.46. The van der Waals surface area contributed by atoms with E-state index >= 15 is 0 Å². The lowest BCUT2D eigenvalue weighted by Gasteiger charge is -2.17. The molecule has 1 rings (SSSR count). The topological polar surface area (TPSA) is 85.4 Å². The highest BCUT2D eigenvalue weighted by molar-refractivity contribution is 9.10. The Balaban J connectivity index is 2.73. The average Bonchev–Trinajstić information content (AvgIpc) is 2.28. The third-order valence-electron chi connectivity index (χ3n) is 1.99. The Hall–Kier alpha value is -0.980. The number of carbonyl (C=O) groups excluding carboxylic acids is 1. The quantitative estimate of drug-likeness (QED) is 0.631. The van der Waals surface area contributed by atoms with Crippen LogP contribution in [0.3, 0.4) is 0 Å². The number of hydrogen-bond donors (Lipinski definition) is 2. The van der Waals surface area contributed by atoms with E-state index in [0.717, 1.165) is 0 Å². The molecule has 0 unspecified atom stereocenters. The first-order chi connectivity index (χ1) is 7.56. The van der Waals surface area contributed by atoms with Crippen molar-refractivity contribution < 1.29 is 14.6 Å². The first-order valence-electron chi connectivity index (χ1n) is 4.78. The monoisotopic (exact) mass is 288 g/mol. The summed E-state index contributed by atoms with van der Waals surface area (Å²) in [6.07, 6.45) is 0.341. The molecule has 2 atom stereocenters. The first-order valence-corrected chi connectivity index (χ1v) is 5.57. The minimum absolute atomic E-state index is 0.234. The Labute approximate surface area is 102 Å². The second kappa shape index (κ2) is 5.93. The summed E-state index contributed by atoms with van der Waals surface area (Å²) in [5.41, 5.74) is 6.03. The zero-order chi connectivity index (χ0) is 12.1. The third kappa shape index (κ3) is 3.26. The molecule has 0 saturated carbocycles. The van der Waals surface area contributed by atoms with Crippen molar-refractivity contribution >= 4 is 21.9 Å². The van der Waals surface area contributed by atoms with Crippen LogP contribution >= 0.6 is 15.9 Å². The van der Waals surface area contributed by atoms with Crippen LogP contribution < -0.4 is 5.73 Å². The van der Waals surface area contributed by atoms with Crippen LogP contribution in [0.5, 0.6) is 0 Å². The van der Waals surface area contributed by atoms with E-state index in [9.17, 15) is 9.90 Å². The maximum Gasteiger partial charge on any atom is 0.325 e. The summed E-state index contributed by atoms with van der Waals surface area (Å²) in [5.74, 6) is -0.627. The summed E-state index contributed by atoms with van der Waals surface area (Å²) in [5, 5.41) is 9.80. The maximum atomic E-state index is 11.3. The van der Waals surface area contributed by atoms with Crippen LogP contribution in [0.2, 0.25) is 0 Å². The van der Waals surface area contributed by atoms with E-state index in [0.29, 0.717) is 10.2 Å². The molecule has 0 radical (unpaired) electrons. The van der Waals surface area contributed by atoms with Gasteiger partial charge in [0.2, 0.25) is 0 Å². The fourth-order valence-corrected chi connectivity index (χ4v) is 1.37. The molecule has 1 aromatic rings. The Kier molecular flexibility index (Phi) is 4.85. The van der Waals surface area contributed by atoms with Crippen molar-refractivity contribution in [3.05, 3.63) is 28.5 Å². The molecule has 1 aromatic heterocycles. The molecule has 0 aromatic carbocycles. The minimum Gasteiger partial charge on any atom is -0.465 e. The molecule has 88 valence electrons. The van der Waals surface area contributed by atoms with Crippen LogP contribution in [-0.4, -0.2) is 28.7 Å². The molecule has 0 bridgehead atoms. The van der Waals surface area contributed by atoms with E-state index in [1.165, 1.54) is 6.20 Å². The summed E-state index contributed by atoms with van der Waals surface area (Å²) in [7, 11) is 0. The number of aliphatic hydroxyl groups excluding tert-OH is 1. The summed E-state index contributed by atoms with van der Waals surface area (Å²) in [4.78, 5) is 15.2. The normalized spacial score (nSPS) is 14.2. The van der Waals surface area contributed by atoms with Crippen molar-refractivity contribution in [2.75, 3.05) is 6.61 Å². The molecule has 0 fully saturated rings. The number of aliphatic hydroxyl groups is 1. The van der Waals surface area contributed by atoms with E-state index < -0.39 is 18.1 Å². The van der Waals surface area contributed by atoms with E-state index in [1.807, 2.05) is 0 Å². The Morgan fingerprint density at radius 2 is 2.38 bits per heavy atom. The number of nitrogens with two attached hydrogens (primary N) is 1. The number of halogens is 1. The molecule has 6 heteroatoms. The fourth-order valence-electron chi connectivity index (χ4n) is 1.14. The van der Waals surface area contributed by atoms with Gasteiger partial charge in [0, 0.05) is 11.8 Å². The molecule has 0 aliphatic heterocycles. The van der Waals surface area contributed by atoms with Gasteiger partial charge in [0.15, 0.2) is 0 Å². The molecular weight excluding hydrogens is 276 g/mol. The maximum absolute atomic E-state index is 11.3. The number of aromatic nitrogens is 1. The number of esters is 1. The standard InChI is InChI=1S/C10H13BrN2O3/c1-2-16-10(15)8(12)9(14)6-3-4-7(11)13-5-6/h3-5,8-9,14H,2,12H2,1H3/t8-,9+/m1/s1. The van der Waals surface area contributed by atoms with Crippen LogP contribution in [0.4, 0.5) is 0 Å². The number of nitrogens with zero attached hydrogens (tertiary/aromatic N) is 1. The van der Waals surface area contributed by atoms with Gasteiger partial charge in [-0.15, -0.1) is 0 Å². The first kappa shape index (κ1) is 13.1. The van der Waals surface area contributed by atoms with Crippen LogP contribution in [0.15, 0.2) is 22.9 Å². The highest BCUT2D eigenvalue weighted by Crippen LogP contribution is 2.17. The highest BCUT2D eigenvalue weighted by atomic mass is 79.9. The molecule has 0 aliphatic carbocycles. The van der Waals surface area contributed by atoms with Gasteiger partial charge in [-0.1, -0.05) is 6.07 Å². The van der Waals surface area contributed by atoms with E-state index in [1.54, 1.807) is 19.1 Å². The molecule has 1 heterocycles. The van der Waals surface area contributed by atoms with Gasteiger partial charge in [-0.2, -0.15) is 0 Å². The van der Waals surface area contributed by atoms with Gasteiger partial charge in [0.05, 0.1) is 6.61 Å². The zero-order valence-electron chi connectivity index (χ0n) is 8.76.